The third-order valence-electron chi connectivity index (χ3n) is 5.82. The van der Waals surface area contributed by atoms with Crippen molar-refractivity contribution in [2.75, 3.05) is 11.9 Å². The van der Waals surface area contributed by atoms with Crippen molar-refractivity contribution in [2.24, 2.45) is 9.50 Å². The molecule has 1 aromatic heterocycles. The van der Waals surface area contributed by atoms with Crippen LogP contribution in [-0.2, 0) is 35.7 Å². The highest BCUT2D eigenvalue weighted by atomic mass is 32.2. The fraction of sp³-hybridized carbons (Fsp3) is 0.474. The van der Waals surface area contributed by atoms with Crippen LogP contribution in [0.4, 0.5) is 10.5 Å². The number of amides is 2. The summed E-state index contributed by atoms with van der Waals surface area (Å²) in [5.74, 6) is 0.739. The van der Waals surface area contributed by atoms with Gasteiger partial charge in [-0.05, 0) is 53.9 Å². The first kappa shape index (κ1) is 17.7. The number of hydrogen-bond donors (Lipinski definition) is 2. The van der Waals surface area contributed by atoms with Crippen LogP contribution in [0.5, 0.6) is 5.88 Å². The number of aryl methyl sites for hydroxylation is 2. The first-order valence-corrected chi connectivity index (χ1v) is 11.2. The van der Waals surface area contributed by atoms with Gasteiger partial charge < -0.3 is 10.1 Å². The number of hydrogen-bond acceptors (Lipinski definition) is 4. The largest absolute Gasteiger partial charge is 0.477 e. The highest BCUT2D eigenvalue weighted by molar-refractivity contribution is 7.91. The third-order valence-corrected chi connectivity index (χ3v) is 7.17. The molecule has 28 heavy (non-hydrogen) atoms. The van der Waals surface area contributed by atoms with E-state index >= 15 is 0 Å². The second-order valence-corrected chi connectivity index (χ2v) is 9.51. The molecule has 2 aliphatic carbocycles. The van der Waals surface area contributed by atoms with E-state index in [1.165, 1.54) is 28.5 Å². The smallest absolute Gasteiger partial charge is 0.354 e. The molecule has 2 amide bonds. The number of urea groups is 1. The Morgan fingerprint density at radius 3 is 3.07 bits per heavy atom. The number of rotatable bonds is 2. The summed E-state index contributed by atoms with van der Waals surface area (Å²) in [6, 6.07) is 1.58. The minimum Gasteiger partial charge on any atom is -0.477 e. The standard InChI is InChI=1S/C19H23N5O3S/c1-11-8-13-9-12-4-2-5-14(12)17(16(11)13)22-19(25)23-28(20,26)15-10-21-24-6-3-7-27-18(15)24/h9-11H,2-8H2,1H3,(H3,20,22,23,25,26)/t11-,28-/m1/s1. The number of ether oxygens (including phenoxy) is 1. The average Bonchev–Trinajstić information content (AvgIpc) is 3.27. The number of carbonyl (C=O) groups is 1. The van der Waals surface area contributed by atoms with Crippen LogP contribution in [-0.4, -0.2) is 26.6 Å². The monoisotopic (exact) mass is 401 g/mol. The lowest BCUT2D eigenvalue weighted by molar-refractivity contribution is 0.224. The molecule has 2 atom stereocenters. The Morgan fingerprint density at radius 1 is 1.39 bits per heavy atom. The summed E-state index contributed by atoms with van der Waals surface area (Å²) in [5.41, 5.74) is 5.80. The van der Waals surface area contributed by atoms with Gasteiger partial charge in [0.15, 0.2) is 9.92 Å². The lowest BCUT2D eigenvalue weighted by Crippen LogP contribution is -2.23. The summed E-state index contributed by atoms with van der Waals surface area (Å²) in [6.45, 7) is 3.32. The summed E-state index contributed by atoms with van der Waals surface area (Å²) in [6.07, 6.45) is 6.28. The Labute approximate surface area is 163 Å². The highest BCUT2D eigenvalue weighted by Crippen LogP contribution is 2.45. The molecule has 0 unspecified atom stereocenters. The molecule has 5 rings (SSSR count). The van der Waals surface area contributed by atoms with E-state index in [1.54, 1.807) is 4.68 Å². The predicted molar refractivity (Wildman–Crippen MR) is 105 cm³/mol. The van der Waals surface area contributed by atoms with Gasteiger partial charge in [0, 0.05) is 18.7 Å². The lowest BCUT2D eigenvalue weighted by Gasteiger charge is -2.31. The Bertz CT molecular complexity index is 1110. The number of fused-ring (bicyclic) bond motifs is 3. The molecule has 9 heteroatoms. The van der Waals surface area contributed by atoms with Crippen LogP contribution in [0.3, 0.4) is 0 Å². The molecule has 0 bridgehead atoms. The highest BCUT2D eigenvalue weighted by Gasteiger charge is 2.31. The first-order valence-electron chi connectivity index (χ1n) is 9.66. The van der Waals surface area contributed by atoms with Crippen molar-refractivity contribution in [2.45, 2.75) is 56.4 Å². The van der Waals surface area contributed by atoms with E-state index in [0.29, 0.717) is 24.9 Å². The number of nitrogens with zero attached hydrogens (tertiary/aromatic N) is 3. The zero-order valence-corrected chi connectivity index (χ0v) is 16.6. The molecule has 3 aliphatic rings. The molecular weight excluding hydrogens is 378 g/mol. The summed E-state index contributed by atoms with van der Waals surface area (Å²) < 4.78 is 24.0. The van der Waals surface area contributed by atoms with Crippen LogP contribution in [0.2, 0.25) is 0 Å². The van der Waals surface area contributed by atoms with Crippen LogP contribution < -0.4 is 15.2 Å². The maximum atomic E-state index is 13.0. The summed E-state index contributed by atoms with van der Waals surface area (Å²) in [7, 11) is -3.46. The van der Waals surface area contributed by atoms with Gasteiger partial charge in [-0.2, -0.15) is 5.10 Å². The minimum absolute atomic E-state index is 0.169. The third kappa shape index (κ3) is 2.72. The van der Waals surface area contributed by atoms with Crippen molar-refractivity contribution in [3.63, 3.8) is 0 Å². The van der Waals surface area contributed by atoms with Gasteiger partial charge in [-0.3, -0.25) is 0 Å². The van der Waals surface area contributed by atoms with Crippen LogP contribution in [0.15, 0.2) is 21.5 Å². The van der Waals surface area contributed by atoms with Crippen LogP contribution in [0.1, 0.15) is 47.9 Å². The van der Waals surface area contributed by atoms with Crippen molar-refractivity contribution in [1.29, 1.82) is 0 Å². The number of benzene rings is 1. The number of carbonyl (C=O) groups excluding carboxylic acids is 1. The molecular formula is C19H23N5O3S. The second kappa shape index (κ2) is 6.31. The molecule has 2 heterocycles. The molecule has 0 fully saturated rings. The molecule has 0 spiro atoms. The Morgan fingerprint density at radius 2 is 2.25 bits per heavy atom. The topological polar surface area (TPSA) is 112 Å². The Hall–Kier alpha value is -2.39. The number of aromatic nitrogens is 2. The number of nitrogens with one attached hydrogen (secondary N) is 1. The zero-order valence-electron chi connectivity index (χ0n) is 15.7. The predicted octanol–water partition coefficient (Wildman–Crippen LogP) is 2.75. The number of anilines is 1. The SMILES string of the molecule is C[C@@H]1Cc2cc3c(c(NC(=O)N=[S@@](N)(=O)c4cnn5c4OCCC5)c21)CCC3. The van der Waals surface area contributed by atoms with E-state index in [1.807, 2.05) is 0 Å². The molecule has 3 N–H and O–H groups in total. The summed E-state index contributed by atoms with van der Waals surface area (Å²) >= 11 is 0. The van der Waals surface area contributed by atoms with E-state index in [2.05, 4.69) is 27.8 Å². The van der Waals surface area contributed by atoms with E-state index in [-0.39, 0.29) is 4.90 Å². The van der Waals surface area contributed by atoms with Gasteiger partial charge in [0.2, 0.25) is 5.88 Å². The van der Waals surface area contributed by atoms with Gasteiger partial charge in [0.25, 0.3) is 0 Å². The summed E-state index contributed by atoms with van der Waals surface area (Å²) in [4.78, 5) is 12.8. The van der Waals surface area contributed by atoms with Gasteiger partial charge >= 0.3 is 6.03 Å². The van der Waals surface area contributed by atoms with Gasteiger partial charge in [0.1, 0.15) is 4.90 Å². The number of nitrogens with two attached hydrogens (primary N) is 1. The molecule has 1 aromatic carbocycles. The van der Waals surface area contributed by atoms with Crippen LogP contribution >= 0.6 is 0 Å². The molecule has 0 radical (unpaired) electrons. The van der Waals surface area contributed by atoms with E-state index in [0.717, 1.165) is 37.8 Å². The molecule has 1 aliphatic heterocycles. The average molecular weight is 401 g/mol. The molecule has 0 saturated carbocycles. The maximum absolute atomic E-state index is 13.0. The molecule has 8 nitrogen and oxygen atoms in total. The fourth-order valence-electron chi connectivity index (χ4n) is 4.55. The fourth-order valence-corrected chi connectivity index (χ4v) is 5.55. The van der Waals surface area contributed by atoms with E-state index in [9.17, 15) is 9.00 Å². The molecule has 148 valence electrons. The Balaban J connectivity index is 1.49. The summed E-state index contributed by atoms with van der Waals surface area (Å²) in [5, 5.41) is 13.0. The van der Waals surface area contributed by atoms with E-state index in [4.69, 9.17) is 9.88 Å². The molecule has 0 saturated heterocycles. The van der Waals surface area contributed by atoms with Crippen molar-refractivity contribution in [3.8, 4) is 5.88 Å². The van der Waals surface area contributed by atoms with Crippen LogP contribution in [0.25, 0.3) is 0 Å². The lowest BCUT2D eigenvalue weighted by atomic mass is 9.75. The molecule has 2 aromatic rings. The van der Waals surface area contributed by atoms with Crippen molar-refractivity contribution < 1.29 is 13.7 Å². The van der Waals surface area contributed by atoms with E-state index < -0.39 is 15.9 Å². The minimum atomic E-state index is -3.46. The normalized spacial score (nSPS) is 21.4. The zero-order chi connectivity index (χ0) is 19.5. The van der Waals surface area contributed by atoms with Gasteiger partial charge in [-0.15, -0.1) is 4.36 Å². The Kier molecular flexibility index (Phi) is 3.99. The second-order valence-electron chi connectivity index (χ2n) is 7.75. The maximum Gasteiger partial charge on any atom is 0.354 e. The van der Waals surface area contributed by atoms with Crippen LogP contribution in [0, 0.1) is 0 Å². The van der Waals surface area contributed by atoms with Gasteiger partial charge in [0.05, 0.1) is 12.8 Å². The van der Waals surface area contributed by atoms with Gasteiger partial charge in [-0.1, -0.05) is 13.0 Å². The van der Waals surface area contributed by atoms with Gasteiger partial charge in [-0.25, -0.2) is 18.8 Å². The first-order chi connectivity index (χ1) is 13.4. The van der Waals surface area contributed by atoms with Crippen molar-refractivity contribution in [1.82, 2.24) is 9.78 Å². The quantitative estimate of drug-likeness (QED) is 0.806. The van der Waals surface area contributed by atoms with Crippen molar-refractivity contribution in [3.05, 3.63) is 34.5 Å². The van der Waals surface area contributed by atoms with Crippen molar-refractivity contribution >= 4 is 21.6 Å².